The Morgan fingerprint density at radius 3 is 2.40 bits per heavy atom. The Bertz CT molecular complexity index is 586. The van der Waals surface area contributed by atoms with Gasteiger partial charge in [-0.05, 0) is 13.3 Å². The normalized spacial score (nSPS) is 23.9. The van der Waals surface area contributed by atoms with E-state index in [0.29, 0.717) is 0 Å². The molecule has 2 aliphatic rings. The first-order chi connectivity index (χ1) is 9.51. The Morgan fingerprint density at radius 1 is 1.20 bits per heavy atom. The van der Waals surface area contributed by atoms with E-state index in [1.165, 1.54) is 12.2 Å². The second kappa shape index (κ2) is 5.24. The van der Waals surface area contributed by atoms with Crippen LogP contribution in [0, 0.1) is 0 Å². The van der Waals surface area contributed by atoms with Gasteiger partial charge in [-0.2, -0.15) is 0 Å². The minimum Gasteiger partial charge on any atom is -0.295 e. The Balaban J connectivity index is 2.35. The van der Waals surface area contributed by atoms with Crippen LogP contribution in [0.5, 0.6) is 0 Å². The summed E-state index contributed by atoms with van der Waals surface area (Å²) in [5.74, 6) is -2.09. The molecule has 1 fully saturated rings. The fourth-order valence-electron chi connectivity index (χ4n) is 2.32. The summed E-state index contributed by atoms with van der Waals surface area (Å²) >= 11 is 0. The highest BCUT2D eigenvalue weighted by Gasteiger charge is 2.44. The molecule has 0 radical (unpaired) electrons. The van der Waals surface area contributed by atoms with E-state index in [-0.39, 0.29) is 24.0 Å². The van der Waals surface area contributed by atoms with E-state index in [4.69, 9.17) is 0 Å². The van der Waals surface area contributed by atoms with Gasteiger partial charge in [0, 0.05) is 6.42 Å². The molecule has 1 unspecified atom stereocenters. The van der Waals surface area contributed by atoms with Gasteiger partial charge in [0.25, 0.3) is 11.8 Å². The molecule has 2 rings (SSSR count). The Labute approximate surface area is 115 Å². The summed E-state index contributed by atoms with van der Waals surface area (Å²) in [6.07, 6.45) is 4.72. The van der Waals surface area contributed by atoms with Crippen molar-refractivity contribution in [3.63, 3.8) is 0 Å². The van der Waals surface area contributed by atoms with Gasteiger partial charge < -0.3 is 0 Å². The molecule has 1 N–H and O–H groups in total. The smallest absolute Gasteiger partial charge is 0.262 e. The van der Waals surface area contributed by atoms with E-state index in [9.17, 15) is 19.2 Å². The highest BCUT2D eigenvalue weighted by Crippen LogP contribution is 2.27. The van der Waals surface area contributed by atoms with Crippen LogP contribution < -0.4 is 5.32 Å². The molecule has 6 heteroatoms. The maximum Gasteiger partial charge on any atom is 0.262 e. The molecule has 0 aromatic rings. The van der Waals surface area contributed by atoms with Gasteiger partial charge in [0.15, 0.2) is 0 Å². The lowest BCUT2D eigenvalue weighted by atomic mass is 10.0. The molecular formula is C14H14N2O4. The molecule has 1 saturated heterocycles. The number of nitrogens with one attached hydrogen (secondary N) is 1. The maximum atomic E-state index is 12.3. The van der Waals surface area contributed by atoms with Crippen LogP contribution in [0.3, 0.4) is 0 Å². The van der Waals surface area contributed by atoms with E-state index in [1.54, 1.807) is 13.0 Å². The Hall–Kier alpha value is -2.50. The SMILES string of the molecule is C=CC1=C(/C=C\C)C(=O)N(C2CCC(=O)NC2=O)C1=O. The average molecular weight is 274 g/mol. The van der Waals surface area contributed by atoms with Crippen LogP contribution >= 0.6 is 0 Å². The van der Waals surface area contributed by atoms with Crippen LogP contribution in [0.1, 0.15) is 19.8 Å². The minimum absolute atomic E-state index is 0.107. The number of amides is 4. The van der Waals surface area contributed by atoms with Crippen molar-refractivity contribution < 1.29 is 19.2 Å². The van der Waals surface area contributed by atoms with Crippen molar-refractivity contribution in [2.24, 2.45) is 0 Å². The molecule has 2 aliphatic heterocycles. The van der Waals surface area contributed by atoms with Crippen molar-refractivity contribution in [1.82, 2.24) is 10.2 Å². The number of carbonyl (C=O) groups is 4. The third-order valence-electron chi connectivity index (χ3n) is 3.25. The van der Waals surface area contributed by atoms with Crippen molar-refractivity contribution in [3.05, 3.63) is 36.0 Å². The van der Waals surface area contributed by atoms with Crippen LogP contribution in [-0.2, 0) is 19.2 Å². The number of imide groups is 2. The first-order valence-corrected chi connectivity index (χ1v) is 6.22. The number of hydrogen-bond acceptors (Lipinski definition) is 4. The summed E-state index contributed by atoms with van der Waals surface area (Å²) in [6, 6.07) is -0.939. The third kappa shape index (κ3) is 2.09. The van der Waals surface area contributed by atoms with Gasteiger partial charge in [0.1, 0.15) is 6.04 Å². The van der Waals surface area contributed by atoms with Crippen molar-refractivity contribution in [3.8, 4) is 0 Å². The van der Waals surface area contributed by atoms with Crippen LogP contribution in [-0.4, -0.2) is 34.6 Å². The van der Waals surface area contributed by atoms with Crippen LogP contribution in [0.4, 0.5) is 0 Å². The predicted octanol–water partition coefficient (Wildman–Crippen LogP) is 0.219. The van der Waals surface area contributed by atoms with Crippen LogP contribution in [0.15, 0.2) is 36.0 Å². The lowest BCUT2D eigenvalue weighted by Gasteiger charge is -2.28. The molecule has 0 aromatic carbocycles. The summed E-state index contributed by atoms with van der Waals surface area (Å²) in [5, 5.41) is 2.14. The Kier molecular flexibility index (Phi) is 3.65. The topological polar surface area (TPSA) is 83.6 Å². The average Bonchev–Trinajstić information content (AvgIpc) is 2.63. The highest BCUT2D eigenvalue weighted by molar-refractivity contribution is 6.23. The first kappa shape index (κ1) is 13.9. The van der Waals surface area contributed by atoms with Gasteiger partial charge in [-0.1, -0.05) is 24.8 Å². The lowest BCUT2D eigenvalue weighted by molar-refractivity contribution is -0.149. The summed E-state index contributed by atoms with van der Waals surface area (Å²) in [4.78, 5) is 48.4. The standard InChI is InChI=1S/C14H14N2O4/c1-3-5-9-8(4-2)13(19)16(14(9)20)10-6-7-11(17)15-12(10)18/h3-5,10H,2,6-7H2,1H3,(H,15,17,18)/b5-3-. The number of hydrogen-bond donors (Lipinski definition) is 1. The van der Waals surface area contributed by atoms with Crippen molar-refractivity contribution >= 4 is 23.6 Å². The summed E-state index contributed by atoms with van der Waals surface area (Å²) < 4.78 is 0. The van der Waals surface area contributed by atoms with Gasteiger partial charge in [-0.25, -0.2) is 0 Å². The molecule has 6 nitrogen and oxygen atoms in total. The van der Waals surface area contributed by atoms with Gasteiger partial charge in [-0.3, -0.25) is 29.4 Å². The largest absolute Gasteiger partial charge is 0.295 e. The fourth-order valence-corrected chi connectivity index (χ4v) is 2.32. The molecule has 0 aliphatic carbocycles. The quantitative estimate of drug-likeness (QED) is 0.746. The second-order valence-electron chi connectivity index (χ2n) is 4.48. The van der Waals surface area contributed by atoms with Gasteiger partial charge in [-0.15, -0.1) is 0 Å². The molecule has 2 heterocycles. The number of piperidine rings is 1. The molecular weight excluding hydrogens is 260 g/mol. The zero-order valence-corrected chi connectivity index (χ0v) is 11.0. The highest BCUT2D eigenvalue weighted by atomic mass is 16.2. The number of rotatable bonds is 3. The Morgan fingerprint density at radius 2 is 1.85 bits per heavy atom. The molecule has 20 heavy (non-hydrogen) atoms. The van der Waals surface area contributed by atoms with E-state index in [1.807, 2.05) is 0 Å². The molecule has 104 valence electrons. The zero-order valence-electron chi connectivity index (χ0n) is 11.0. The lowest BCUT2D eigenvalue weighted by Crippen LogP contribution is -2.54. The number of allylic oxidation sites excluding steroid dienone is 1. The fraction of sp³-hybridized carbons (Fsp3) is 0.286. The summed E-state index contributed by atoms with van der Waals surface area (Å²) in [7, 11) is 0. The zero-order chi connectivity index (χ0) is 14.9. The summed E-state index contributed by atoms with van der Waals surface area (Å²) in [5.41, 5.74) is 0.398. The van der Waals surface area contributed by atoms with E-state index >= 15 is 0 Å². The monoisotopic (exact) mass is 274 g/mol. The van der Waals surface area contributed by atoms with Crippen LogP contribution in [0.25, 0.3) is 0 Å². The van der Waals surface area contributed by atoms with Crippen LogP contribution in [0.2, 0.25) is 0 Å². The molecule has 0 aromatic heterocycles. The van der Waals surface area contributed by atoms with Gasteiger partial charge >= 0.3 is 0 Å². The van der Waals surface area contributed by atoms with Crippen molar-refractivity contribution in [2.45, 2.75) is 25.8 Å². The second-order valence-corrected chi connectivity index (χ2v) is 4.48. The molecule has 0 spiro atoms. The predicted molar refractivity (Wildman–Crippen MR) is 70.1 cm³/mol. The van der Waals surface area contributed by atoms with E-state index in [2.05, 4.69) is 11.9 Å². The van der Waals surface area contributed by atoms with Crippen molar-refractivity contribution in [1.29, 1.82) is 0 Å². The number of nitrogens with zero attached hydrogens (tertiary/aromatic N) is 1. The molecule has 0 saturated carbocycles. The molecule has 0 bridgehead atoms. The van der Waals surface area contributed by atoms with Gasteiger partial charge in [0.2, 0.25) is 11.8 Å². The molecule has 4 amide bonds. The molecule has 1 atom stereocenters. The number of carbonyl (C=O) groups excluding carboxylic acids is 4. The summed E-state index contributed by atoms with van der Waals surface area (Å²) in [6.45, 7) is 5.25. The van der Waals surface area contributed by atoms with E-state index < -0.39 is 29.7 Å². The first-order valence-electron chi connectivity index (χ1n) is 6.22. The third-order valence-corrected chi connectivity index (χ3v) is 3.25. The minimum atomic E-state index is -0.939. The van der Waals surface area contributed by atoms with Crippen molar-refractivity contribution in [2.75, 3.05) is 0 Å². The maximum absolute atomic E-state index is 12.3. The van der Waals surface area contributed by atoms with E-state index in [0.717, 1.165) is 4.90 Å². The van der Waals surface area contributed by atoms with Gasteiger partial charge in [0.05, 0.1) is 11.1 Å².